The first-order valence-electron chi connectivity index (χ1n) is 7.15. The summed E-state index contributed by atoms with van der Waals surface area (Å²) in [6.07, 6.45) is 1.63. The third-order valence-corrected chi connectivity index (χ3v) is 4.21. The molecule has 0 saturated carbocycles. The van der Waals surface area contributed by atoms with E-state index in [1.807, 2.05) is 6.07 Å². The van der Waals surface area contributed by atoms with Gasteiger partial charge in [-0.05, 0) is 40.8 Å². The number of carbonyl (C=O) groups is 2. The third-order valence-electron chi connectivity index (χ3n) is 3.09. The van der Waals surface area contributed by atoms with Crippen molar-refractivity contribution >= 4 is 56.9 Å². The molecular weight excluding hydrogens is 445 g/mol. The molecule has 2 amide bonds. The largest absolute Gasteiger partial charge is 0.480 e. The van der Waals surface area contributed by atoms with Gasteiger partial charge in [-0.25, -0.2) is 0 Å². The summed E-state index contributed by atoms with van der Waals surface area (Å²) in [5.41, 5.74) is 4.67. The van der Waals surface area contributed by atoms with E-state index in [0.717, 1.165) is 8.96 Å². The topological polar surface area (TPSA) is 80.3 Å². The molecule has 24 heavy (non-hydrogen) atoms. The highest BCUT2D eigenvalue weighted by Gasteiger charge is 2.21. The molecule has 0 spiro atoms. The van der Waals surface area contributed by atoms with Crippen LogP contribution in [0.1, 0.15) is 20.8 Å². The van der Waals surface area contributed by atoms with Gasteiger partial charge in [0.05, 0.1) is 8.59 Å². The second kappa shape index (κ2) is 7.52. The Kier molecular flexibility index (Phi) is 5.87. The molecule has 8 heteroatoms. The lowest BCUT2D eigenvalue weighted by molar-refractivity contribution is -0.134. The van der Waals surface area contributed by atoms with Gasteiger partial charge in [0, 0.05) is 17.0 Å². The second-order valence-electron chi connectivity index (χ2n) is 6.11. The first-order valence-corrected chi connectivity index (χ1v) is 8.60. The number of hydrazine groups is 1. The predicted octanol–water partition coefficient (Wildman–Crippen LogP) is 3.07. The van der Waals surface area contributed by atoms with Gasteiger partial charge in [-0.15, -0.1) is 0 Å². The number of hydrogen-bond acceptors (Lipinski definition) is 4. The Morgan fingerprint density at radius 2 is 2.04 bits per heavy atom. The van der Waals surface area contributed by atoms with Crippen molar-refractivity contribution in [1.29, 1.82) is 0 Å². The molecule has 1 aromatic carbocycles. The number of hydrogen-bond donors (Lipinski definition) is 2. The predicted molar refractivity (Wildman–Crippen MR) is 101 cm³/mol. The van der Waals surface area contributed by atoms with Crippen LogP contribution in [0, 0.1) is 8.99 Å². The molecule has 128 valence electrons. The summed E-state index contributed by atoms with van der Waals surface area (Å²) in [4.78, 5) is 27.9. The van der Waals surface area contributed by atoms with Crippen molar-refractivity contribution in [1.82, 2.24) is 15.8 Å². The maximum Gasteiger partial charge on any atom is 0.276 e. The van der Waals surface area contributed by atoms with Crippen LogP contribution in [0.5, 0.6) is 5.75 Å². The summed E-state index contributed by atoms with van der Waals surface area (Å²) in [6, 6.07) is 5.36. The monoisotopic (exact) mass is 461 g/mol. The molecule has 0 aliphatic carbocycles. The van der Waals surface area contributed by atoms with Crippen molar-refractivity contribution in [2.24, 2.45) is 5.41 Å². The lowest BCUT2D eigenvalue weighted by Crippen LogP contribution is -2.48. The molecule has 1 aromatic heterocycles. The SMILES string of the molecule is CC(C)(C)C(=O)NNC(=O)COc1c(I)cc(Cl)c2cccnc12. The standard InChI is InChI=1S/C16H17ClIN3O3/c1-16(2,3)15(23)21-20-12(22)8-24-14-11(18)7-10(17)9-5-4-6-19-13(9)14/h4-7H,8H2,1-3H3,(H,20,22)(H,21,23). The van der Waals surface area contributed by atoms with Crippen molar-refractivity contribution in [2.45, 2.75) is 20.8 Å². The number of aromatic nitrogens is 1. The van der Waals surface area contributed by atoms with Gasteiger partial charge in [-0.1, -0.05) is 32.4 Å². The van der Waals surface area contributed by atoms with E-state index in [1.54, 1.807) is 39.1 Å². The first kappa shape index (κ1) is 18.7. The van der Waals surface area contributed by atoms with Gasteiger partial charge in [-0.2, -0.15) is 0 Å². The van der Waals surface area contributed by atoms with Gasteiger partial charge in [0.2, 0.25) is 5.91 Å². The number of fused-ring (bicyclic) bond motifs is 1. The molecule has 0 bridgehead atoms. The Balaban J connectivity index is 2.06. The van der Waals surface area contributed by atoms with E-state index >= 15 is 0 Å². The molecule has 2 rings (SSSR count). The number of ether oxygens (including phenoxy) is 1. The lowest BCUT2D eigenvalue weighted by Gasteiger charge is -2.18. The summed E-state index contributed by atoms with van der Waals surface area (Å²) < 4.78 is 6.34. The molecule has 0 radical (unpaired) electrons. The van der Waals surface area contributed by atoms with Crippen molar-refractivity contribution in [3.63, 3.8) is 0 Å². The smallest absolute Gasteiger partial charge is 0.276 e. The number of benzene rings is 1. The number of carbonyl (C=O) groups excluding carboxylic acids is 2. The van der Waals surface area contributed by atoms with Crippen LogP contribution in [0.2, 0.25) is 5.02 Å². The zero-order valence-electron chi connectivity index (χ0n) is 13.4. The molecule has 6 nitrogen and oxygen atoms in total. The van der Waals surface area contributed by atoms with Crippen LogP contribution in [-0.2, 0) is 9.59 Å². The maximum atomic E-state index is 11.9. The third kappa shape index (κ3) is 4.47. The molecule has 0 fully saturated rings. The van der Waals surface area contributed by atoms with Crippen LogP contribution < -0.4 is 15.6 Å². The Morgan fingerprint density at radius 1 is 1.33 bits per heavy atom. The molecule has 0 saturated heterocycles. The number of pyridine rings is 1. The van der Waals surface area contributed by atoms with Gasteiger partial charge in [0.15, 0.2) is 12.4 Å². The highest BCUT2D eigenvalue weighted by molar-refractivity contribution is 14.1. The van der Waals surface area contributed by atoms with Gasteiger partial charge in [0.25, 0.3) is 5.91 Å². The second-order valence-corrected chi connectivity index (χ2v) is 7.68. The van der Waals surface area contributed by atoms with E-state index in [2.05, 4.69) is 38.4 Å². The fourth-order valence-corrected chi connectivity index (χ4v) is 2.94. The quantitative estimate of drug-likeness (QED) is 0.544. The number of nitrogens with one attached hydrogen (secondary N) is 2. The van der Waals surface area contributed by atoms with E-state index < -0.39 is 11.3 Å². The van der Waals surface area contributed by atoms with E-state index in [0.29, 0.717) is 16.3 Å². The highest BCUT2D eigenvalue weighted by Crippen LogP contribution is 2.34. The van der Waals surface area contributed by atoms with Crippen LogP contribution in [0.3, 0.4) is 0 Å². The van der Waals surface area contributed by atoms with E-state index in [4.69, 9.17) is 16.3 Å². The minimum absolute atomic E-state index is 0.256. The summed E-state index contributed by atoms with van der Waals surface area (Å²) in [5.74, 6) is -0.278. The van der Waals surface area contributed by atoms with Gasteiger partial charge < -0.3 is 4.74 Å². The Labute approximate surface area is 158 Å². The fourth-order valence-electron chi connectivity index (χ4n) is 1.77. The molecule has 0 aliphatic heterocycles. The van der Waals surface area contributed by atoms with E-state index in [1.165, 1.54) is 0 Å². The average Bonchev–Trinajstić information content (AvgIpc) is 2.51. The van der Waals surface area contributed by atoms with Crippen molar-refractivity contribution in [3.05, 3.63) is 33.0 Å². The minimum atomic E-state index is -0.597. The molecule has 0 aliphatic rings. The molecule has 1 heterocycles. The van der Waals surface area contributed by atoms with Crippen LogP contribution in [0.25, 0.3) is 10.9 Å². The average molecular weight is 462 g/mol. The van der Waals surface area contributed by atoms with Gasteiger partial charge in [0.1, 0.15) is 5.52 Å². The Hall–Kier alpha value is -1.61. The van der Waals surface area contributed by atoms with E-state index in [9.17, 15) is 9.59 Å². The van der Waals surface area contributed by atoms with E-state index in [-0.39, 0.29) is 12.5 Å². The lowest BCUT2D eigenvalue weighted by atomic mass is 9.96. The number of halogens is 2. The summed E-state index contributed by atoms with van der Waals surface area (Å²) >= 11 is 8.27. The molecule has 0 unspecified atom stereocenters. The van der Waals surface area contributed by atoms with Crippen molar-refractivity contribution < 1.29 is 14.3 Å². The van der Waals surface area contributed by atoms with Crippen LogP contribution >= 0.6 is 34.2 Å². The Bertz CT molecular complexity index is 790. The number of rotatable bonds is 3. The van der Waals surface area contributed by atoms with Crippen LogP contribution in [0.4, 0.5) is 0 Å². The summed E-state index contributed by atoms with van der Waals surface area (Å²) in [6.45, 7) is 4.99. The zero-order chi connectivity index (χ0) is 17.9. The molecule has 2 aromatic rings. The molecule has 0 atom stereocenters. The Morgan fingerprint density at radius 3 is 2.71 bits per heavy atom. The minimum Gasteiger partial charge on any atom is -0.480 e. The highest BCUT2D eigenvalue weighted by atomic mass is 127. The summed E-state index contributed by atoms with van der Waals surface area (Å²) in [7, 11) is 0. The number of nitrogens with zero attached hydrogens (tertiary/aromatic N) is 1. The van der Waals surface area contributed by atoms with Crippen LogP contribution in [-0.4, -0.2) is 23.4 Å². The summed E-state index contributed by atoms with van der Waals surface area (Å²) in [5, 5.41) is 1.31. The zero-order valence-corrected chi connectivity index (χ0v) is 16.4. The fraction of sp³-hybridized carbons (Fsp3) is 0.312. The maximum absolute atomic E-state index is 11.9. The van der Waals surface area contributed by atoms with Crippen molar-refractivity contribution in [3.8, 4) is 5.75 Å². The first-order chi connectivity index (χ1) is 11.2. The van der Waals surface area contributed by atoms with Crippen molar-refractivity contribution in [2.75, 3.05) is 6.61 Å². The van der Waals surface area contributed by atoms with Gasteiger partial charge in [-0.3, -0.25) is 25.4 Å². The number of amides is 2. The molecule has 2 N–H and O–H groups in total. The van der Waals surface area contributed by atoms with Gasteiger partial charge >= 0.3 is 0 Å². The molecular formula is C16H17ClIN3O3. The normalized spacial score (nSPS) is 11.2. The van der Waals surface area contributed by atoms with Crippen LogP contribution in [0.15, 0.2) is 24.4 Å².